The second-order valence-electron chi connectivity index (χ2n) is 3.61. The molecule has 1 fully saturated rings. The van der Waals surface area contributed by atoms with Crippen molar-refractivity contribution >= 4 is 11.7 Å². The van der Waals surface area contributed by atoms with Gasteiger partial charge in [-0.3, -0.25) is 4.79 Å². The summed E-state index contributed by atoms with van der Waals surface area (Å²) < 4.78 is 12.8. The van der Waals surface area contributed by atoms with Crippen molar-refractivity contribution in [2.24, 2.45) is 5.92 Å². The first kappa shape index (κ1) is 9.89. The number of carboxylic acid groups (broad SMARTS) is 1. The van der Waals surface area contributed by atoms with E-state index in [1.54, 1.807) is 6.07 Å². The van der Waals surface area contributed by atoms with Crippen molar-refractivity contribution in [2.75, 3.05) is 18.0 Å². The molecule has 15 heavy (non-hydrogen) atoms. The molecule has 1 atom stereocenters. The number of rotatable bonds is 2. The van der Waals surface area contributed by atoms with E-state index in [0.717, 1.165) is 0 Å². The number of carbonyl (C=O) groups is 1. The van der Waals surface area contributed by atoms with Crippen molar-refractivity contribution in [1.82, 2.24) is 4.98 Å². The van der Waals surface area contributed by atoms with Crippen LogP contribution in [-0.2, 0) is 4.79 Å². The normalized spacial score (nSPS) is 20.6. The lowest BCUT2D eigenvalue weighted by molar-refractivity contribution is -0.140. The molecule has 0 aromatic carbocycles. The number of pyridine rings is 1. The van der Waals surface area contributed by atoms with E-state index in [0.29, 0.717) is 25.2 Å². The van der Waals surface area contributed by atoms with Crippen LogP contribution in [0.15, 0.2) is 18.3 Å². The van der Waals surface area contributed by atoms with Crippen LogP contribution in [0.4, 0.5) is 10.1 Å². The van der Waals surface area contributed by atoms with Gasteiger partial charge in [0.1, 0.15) is 0 Å². The Morgan fingerprint density at radius 3 is 3.07 bits per heavy atom. The summed E-state index contributed by atoms with van der Waals surface area (Å²) in [7, 11) is 0. The fourth-order valence-corrected chi connectivity index (χ4v) is 1.79. The molecule has 0 aliphatic carbocycles. The number of anilines is 1. The number of carboxylic acids is 1. The standard InChI is InChI=1S/C10H11FN2O2/c11-9-5-8(1-3-12-9)13-4-2-7(6-13)10(14)15/h1,3,5,7H,2,4,6H2,(H,14,15). The lowest BCUT2D eigenvalue weighted by Gasteiger charge is -2.17. The van der Waals surface area contributed by atoms with Crippen LogP contribution in [0, 0.1) is 11.9 Å². The highest BCUT2D eigenvalue weighted by molar-refractivity contribution is 5.72. The zero-order chi connectivity index (χ0) is 10.8. The minimum Gasteiger partial charge on any atom is -0.481 e. The fourth-order valence-electron chi connectivity index (χ4n) is 1.79. The molecule has 1 N–H and O–H groups in total. The summed E-state index contributed by atoms with van der Waals surface area (Å²) in [5.41, 5.74) is 0.700. The van der Waals surface area contributed by atoms with E-state index in [1.807, 2.05) is 4.90 Å². The molecule has 0 bridgehead atoms. The molecule has 1 unspecified atom stereocenters. The van der Waals surface area contributed by atoms with E-state index < -0.39 is 11.9 Å². The zero-order valence-electron chi connectivity index (χ0n) is 8.06. The van der Waals surface area contributed by atoms with Gasteiger partial charge in [-0.2, -0.15) is 4.39 Å². The maximum Gasteiger partial charge on any atom is 0.308 e. The highest BCUT2D eigenvalue weighted by Gasteiger charge is 2.28. The third-order valence-corrected chi connectivity index (χ3v) is 2.61. The van der Waals surface area contributed by atoms with Gasteiger partial charge in [-0.1, -0.05) is 0 Å². The van der Waals surface area contributed by atoms with Crippen LogP contribution in [0.5, 0.6) is 0 Å². The molecular formula is C10H11FN2O2. The highest BCUT2D eigenvalue weighted by Crippen LogP contribution is 2.23. The van der Waals surface area contributed by atoms with Gasteiger partial charge in [0.05, 0.1) is 5.92 Å². The van der Waals surface area contributed by atoms with Gasteiger partial charge in [0.25, 0.3) is 0 Å². The quantitative estimate of drug-likeness (QED) is 0.743. The van der Waals surface area contributed by atoms with Crippen LogP contribution in [-0.4, -0.2) is 29.1 Å². The Labute approximate surface area is 86.4 Å². The second kappa shape index (κ2) is 3.84. The smallest absolute Gasteiger partial charge is 0.308 e. The van der Waals surface area contributed by atoms with E-state index in [1.165, 1.54) is 12.3 Å². The zero-order valence-corrected chi connectivity index (χ0v) is 8.06. The summed E-state index contributed by atoms with van der Waals surface area (Å²) in [5.74, 6) is -1.67. The van der Waals surface area contributed by atoms with Crippen LogP contribution in [0.1, 0.15) is 6.42 Å². The van der Waals surface area contributed by atoms with Crippen LogP contribution < -0.4 is 4.90 Å². The Morgan fingerprint density at radius 2 is 2.47 bits per heavy atom. The van der Waals surface area contributed by atoms with E-state index in [2.05, 4.69) is 4.98 Å². The number of aromatic nitrogens is 1. The summed E-state index contributed by atoms with van der Waals surface area (Å²) >= 11 is 0. The largest absolute Gasteiger partial charge is 0.481 e. The monoisotopic (exact) mass is 210 g/mol. The van der Waals surface area contributed by atoms with Gasteiger partial charge < -0.3 is 10.0 Å². The third-order valence-electron chi connectivity index (χ3n) is 2.61. The first-order valence-electron chi connectivity index (χ1n) is 4.76. The molecule has 0 saturated carbocycles. The molecule has 0 spiro atoms. The molecule has 0 amide bonds. The average Bonchev–Trinajstić information content (AvgIpc) is 2.66. The molecule has 2 rings (SSSR count). The van der Waals surface area contributed by atoms with Crippen LogP contribution in [0.3, 0.4) is 0 Å². The van der Waals surface area contributed by atoms with Gasteiger partial charge in [0.15, 0.2) is 0 Å². The third kappa shape index (κ3) is 2.06. The first-order valence-corrected chi connectivity index (χ1v) is 4.76. The number of aliphatic carboxylic acids is 1. The fraction of sp³-hybridized carbons (Fsp3) is 0.400. The van der Waals surface area contributed by atoms with E-state index >= 15 is 0 Å². The Balaban J connectivity index is 2.11. The molecule has 80 valence electrons. The summed E-state index contributed by atoms with van der Waals surface area (Å²) in [6.07, 6.45) is 2.00. The number of nitrogens with zero attached hydrogens (tertiary/aromatic N) is 2. The number of hydrogen-bond donors (Lipinski definition) is 1. The van der Waals surface area contributed by atoms with Crippen LogP contribution >= 0.6 is 0 Å². The van der Waals surface area contributed by atoms with Crippen molar-refractivity contribution in [3.05, 3.63) is 24.3 Å². The molecule has 2 heterocycles. The van der Waals surface area contributed by atoms with Gasteiger partial charge in [-0.05, 0) is 12.5 Å². The lowest BCUT2D eigenvalue weighted by Crippen LogP contribution is -2.22. The van der Waals surface area contributed by atoms with Gasteiger partial charge in [0.2, 0.25) is 5.95 Å². The average molecular weight is 210 g/mol. The number of halogens is 1. The maximum absolute atomic E-state index is 12.8. The van der Waals surface area contributed by atoms with Crippen LogP contribution in [0.25, 0.3) is 0 Å². The minimum atomic E-state index is -0.785. The van der Waals surface area contributed by atoms with Crippen molar-refractivity contribution < 1.29 is 14.3 Å². The Bertz CT molecular complexity index is 383. The van der Waals surface area contributed by atoms with Crippen molar-refractivity contribution in [3.8, 4) is 0 Å². The lowest BCUT2D eigenvalue weighted by atomic mass is 10.1. The molecule has 1 aromatic heterocycles. The molecular weight excluding hydrogens is 199 g/mol. The SMILES string of the molecule is O=C(O)C1CCN(c2ccnc(F)c2)C1. The summed E-state index contributed by atoms with van der Waals surface area (Å²) in [6.45, 7) is 1.10. The topological polar surface area (TPSA) is 53.4 Å². The van der Waals surface area contributed by atoms with E-state index in [4.69, 9.17) is 5.11 Å². The van der Waals surface area contributed by atoms with Gasteiger partial charge >= 0.3 is 5.97 Å². The molecule has 1 aliphatic rings. The predicted molar refractivity (Wildman–Crippen MR) is 52.2 cm³/mol. The minimum absolute atomic E-state index is 0.346. The van der Waals surface area contributed by atoms with Gasteiger partial charge in [-0.25, -0.2) is 4.98 Å². The molecule has 5 heteroatoms. The van der Waals surface area contributed by atoms with Crippen molar-refractivity contribution in [3.63, 3.8) is 0 Å². The van der Waals surface area contributed by atoms with E-state index in [-0.39, 0.29) is 5.92 Å². The Hall–Kier alpha value is -1.65. The first-order chi connectivity index (χ1) is 7.16. The predicted octanol–water partition coefficient (Wildman–Crippen LogP) is 1.13. The van der Waals surface area contributed by atoms with Gasteiger partial charge in [-0.15, -0.1) is 0 Å². The molecule has 1 aliphatic heterocycles. The Kier molecular flexibility index (Phi) is 2.53. The van der Waals surface area contributed by atoms with Crippen molar-refractivity contribution in [2.45, 2.75) is 6.42 Å². The van der Waals surface area contributed by atoms with Gasteiger partial charge in [0, 0.05) is 31.0 Å². The molecule has 0 radical (unpaired) electrons. The number of hydrogen-bond acceptors (Lipinski definition) is 3. The van der Waals surface area contributed by atoms with Crippen LogP contribution in [0.2, 0.25) is 0 Å². The summed E-state index contributed by atoms with van der Waals surface area (Å²) in [6, 6.07) is 3.01. The highest BCUT2D eigenvalue weighted by atomic mass is 19.1. The molecule has 4 nitrogen and oxygen atoms in total. The Morgan fingerprint density at radius 1 is 1.67 bits per heavy atom. The molecule has 1 aromatic rings. The summed E-state index contributed by atoms with van der Waals surface area (Å²) in [5, 5.41) is 8.82. The maximum atomic E-state index is 12.8. The van der Waals surface area contributed by atoms with E-state index in [9.17, 15) is 9.18 Å². The molecule has 1 saturated heterocycles. The second-order valence-corrected chi connectivity index (χ2v) is 3.61. The summed E-state index contributed by atoms with van der Waals surface area (Å²) in [4.78, 5) is 16.1. The van der Waals surface area contributed by atoms with Crippen molar-refractivity contribution in [1.29, 1.82) is 0 Å².